The molecule has 4 aliphatic carbocycles. The van der Waals surface area contributed by atoms with Crippen molar-refractivity contribution in [2.45, 2.75) is 35.7 Å². The predicted octanol–water partition coefficient (Wildman–Crippen LogP) is 4.94. The molecule has 0 radical (unpaired) electrons. The first-order valence-electron chi connectivity index (χ1n) is 9.17. The number of thioether (sulfide) groups is 1. The Labute approximate surface area is 159 Å². The van der Waals surface area contributed by atoms with Crippen molar-refractivity contribution >= 4 is 29.0 Å². The normalized spacial score (nSPS) is 37.7. The molecule has 5 atom stereocenters. The Morgan fingerprint density at radius 3 is 2.32 bits per heavy atom. The van der Waals surface area contributed by atoms with E-state index in [4.69, 9.17) is 18.0 Å². The highest BCUT2D eigenvalue weighted by molar-refractivity contribution is 7.99. The number of nitrogens with two attached hydrogens (primary N) is 1. The Balaban J connectivity index is 1.47. The molecular formula is C22H23NS2. The highest BCUT2D eigenvalue weighted by atomic mass is 32.2. The van der Waals surface area contributed by atoms with Gasteiger partial charge in [-0.3, -0.25) is 0 Å². The second-order valence-electron chi connectivity index (χ2n) is 8.10. The first kappa shape index (κ1) is 15.9. The molecule has 4 saturated carbocycles. The largest absolute Gasteiger partial charge is 0.393 e. The summed E-state index contributed by atoms with van der Waals surface area (Å²) >= 11 is 7.74. The fourth-order valence-corrected chi connectivity index (χ4v) is 8.23. The minimum atomic E-state index is 0.115. The van der Waals surface area contributed by atoms with Gasteiger partial charge in [0, 0.05) is 21.8 Å². The van der Waals surface area contributed by atoms with Crippen LogP contribution in [0.15, 0.2) is 60.7 Å². The van der Waals surface area contributed by atoms with Gasteiger partial charge in [-0.1, -0.05) is 72.9 Å². The third-order valence-electron chi connectivity index (χ3n) is 7.14. The van der Waals surface area contributed by atoms with Gasteiger partial charge in [0.15, 0.2) is 0 Å². The van der Waals surface area contributed by atoms with Crippen molar-refractivity contribution in [2.24, 2.45) is 23.0 Å². The molecule has 6 rings (SSSR count). The van der Waals surface area contributed by atoms with Crippen LogP contribution in [0.25, 0.3) is 0 Å². The van der Waals surface area contributed by atoms with E-state index in [2.05, 4.69) is 72.4 Å². The maximum atomic E-state index is 6.32. The molecule has 0 aliphatic heterocycles. The van der Waals surface area contributed by atoms with Crippen molar-refractivity contribution < 1.29 is 0 Å². The van der Waals surface area contributed by atoms with Crippen LogP contribution in [0.2, 0.25) is 0 Å². The lowest BCUT2D eigenvalue weighted by molar-refractivity contribution is 0.370. The van der Waals surface area contributed by atoms with Crippen LogP contribution < -0.4 is 5.73 Å². The van der Waals surface area contributed by atoms with E-state index in [1.54, 1.807) is 0 Å². The molecule has 3 heteroatoms. The van der Waals surface area contributed by atoms with Crippen LogP contribution in [0.3, 0.4) is 0 Å². The molecule has 2 N–H and O–H groups in total. The molecule has 0 amide bonds. The van der Waals surface area contributed by atoms with Crippen LogP contribution in [0, 0.1) is 17.3 Å². The molecule has 0 aromatic heterocycles. The van der Waals surface area contributed by atoms with E-state index in [0.717, 1.165) is 16.7 Å². The van der Waals surface area contributed by atoms with E-state index >= 15 is 0 Å². The lowest BCUT2D eigenvalue weighted by Crippen LogP contribution is -2.38. The van der Waals surface area contributed by atoms with Gasteiger partial charge in [0.25, 0.3) is 0 Å². The number of hydrogen-bond donors (Lipinski definition) is 1. The number of rotatable bonds is 5. The molecule has 5 unspecified atom stereocenters. The fourth-order valence-electron chi connectivity index (χ4n) is 6.16. The molecule has 1 nitrogen and oxygen atoms in total. The van der Waals surface area contributed by atoms with Crippen LogP contribution in [0.4, 0.5) is 0 Å². The van der Waals surface area contributed by atoms with Crippen LogP contribution in [0.5, 0.6) is 0 Å². The van der Waals surface area contributed by atoms with E-state index < -0.39 is 0 Å². The van der Waals surface area contributed by atoms with Crippen LogP contribution in [-0.2, 0) is 11.2 Å². The zero-order chi connectivity index (χ0) is 17.1. The van der Waals surface area contributed by atoms with Gasteiger partial charge in [0.05, 0.1) is 4.99 Å². The second-order valence-corrected chi connectivity index (χ2v) is 9.71. The summed E-state index contributed by atoms with van der Waals surface area (Å²) in [5.41, 5.74) is 9.68. The maximum absolute atomic E-state index is 6.32. The van der Waals surface area contributed by atoms with Gasteiger partial charge in [0.1, 0.15) is 0 Å². The van der Waals surface area contributed by atoms with E-state index in [1.807, 2.05) is 0 Å². The van der Waals surface area contributed by atoms with Gasteiger partial charge in [0.2, 0.25) is 0 Å². The molecule has 4 aliphatic rings. The molecule has 128 valence electrons. The number of benzene rings is 2. The SMILES string of the molecule is NC(=S)C12CC3C(SCc4ccccc4)C1CC3(c1ccccc1)C2. The van der Waals surface area contributed by atoms with Crippen LogP contribution in [0.1, 0.15) is 30.4 Å². The summed E-state index contributed by atoms with van der Waals surface area (Å²) in [5, 5.41) is 0.690. The molecule has 2 aromatic rings. The third-order valence-corrected chi connectivity index (χ3v) is 9.09. The van der Waals surface area contributed by atoms with Gasteiger partial charge in [-0.2, -0.15) is 11.8 Å². The lowest BCUT2D eigenvalue weighted by atomic mass is 9.74. The molecule has 2 aromatic carbocycles. The summed E-state index contributed by atoms with van der Waals surface area (Å²) in [6.07, 6.45) is 3.65. The van der Waals surface area contributed by atoms with E-state index in [9.17, 15) is 0 Å². The maximum Gasteiger partial charge on any atom is 0.0793 e. The van der Waals surface area contributed by atoms with Crippen molar-refractivity contribution in [3.63, 3.8) is 0 Å². The standard InChI is InChI=1S/C22H23NS2/c23-20(24)22-12-17-19(25-13-15-7-3-1-4-8-15)18(22)11-21(17,14-22)16-9-5-2-6-10-16/h1-10,17-19H,11-14H2,(H2,23,24). The first-order valence-corrected chi connectivity index (χ1v) is 10.6. The summed E-state index contributed by atoms with van der Waals surface area (Å²) in [5.74, 6) is 2.47. The number of hydrogen-bond acceptors (Lipinski definition) is 2. The first-order chi connectivity index (χ1) is 12.2. The van der Waals surface area contributed by atoms with Crippen molar-refractivity contribution in [3.8, 4) is 0 Å². The quantitative estimate of drug-likeness (QED) is 0.760. The summed E-state index contributed by atoms with van der Waals surface area (Å²) in [6, 6.07) is 22.0. The molecule has 0 saturated heterocycles. The predicted molar refractivity (Wildman–Crippen MR) is 110 cm³/mol. The van der Waals surface area contributed by atoms with E-state index in [0.29, 0.717) is 16.6 Å². The van der Waals surface area contributed by atoms with Crippen molar-refractivity contribution in [3.05, 3.63) is 71.8 Å². The molecular weight excluding hydrogens is 342 g/mol. The Morgan fingerprint density at radius 1 is 1.00 bits per heavy atom. The summed E-state index contributed by atoms with van der Waals surface area (Å²) < 4.78 is 0. The van der Waals surface area contributed by atoms with Crippen molar-refractivity contribution in [1.29, 1.82) is 0 Å². The summed E-state index contributed by atoms with van der Waals surface area (Å²) in [7, 11) is 0. The van der Waals surface area contributed by atoms with Gasteiger partial charge in [-0.25, -0.2) is 0 Å². The Bertz CT molecular complexity index is 805. The minimum Gasteiger partial charge on any atom is -0.393 e. The third kappa shape index (κ3) is 2.12. The van der Waals surface area contributed by atoms with Gasteiger partial charge >= 0.3 is 0 Å². The monoisotopic (exact) mass is 365 g/mol. The highest BCUT2D eigenvalue weighted by Gasteiger charge is 2.75. The number of thiocarbonyl (C=S) groups is 1. The van der Waals surface area contributed by atoms with Crippen LogP contribution in [-0.4, -0.2) is 10.2 Å². The molecule has 0 heterocycles. The Kier molecular flexibility index (Phi) is 3.55. The Hall–Kier alpha value is -1.32. The molecule has 4 fully saturated rings. The second kappa shape index (κ2) is 5.59. The van der Waals surface area contributed by atoms with Crippen LogP contribution >= 0.6 is 24.0 Å². The van der Waals surface area contributed by atoms with Gasteiger partial charge in [-0.05, 0) is 42.2 Å². The van der Waals surface area contributed by atoms with Gasteiger partial charge in [-0.15, -0.1) is 0 Å². The van der Waals surface area contributed by atoms with E-state index in [-0.39, 0.29) is 5.41 Å². The topological polar surface area (TPSA) is 26.0 Å². The smallest absolute Gasteiger partial charge is 0.0793 e. The summed E-state index contributed by atoms with van der Waals surface area (Å²) in [6.45, 7) is 0. The zero-order valence-corrected chi connectivity index (χ0v) is 15.9. The van der Waals surface area contributed by atoms with Crippen molar-refractivity contribution in [2.75, 3.05) is 0 Å². The molecule has 0 spiro atoms. The fraction of sp³-hybridized carbons (Fsp3) is 0.409. The lowest BCUT2D eigenvalue weighted by Gasteiger charge is -2.34. The molecule has 4 bridgehead atoms. The minimum absolute atomic E-state index is 0.115. The highest BCUT2D eigenvalue weighted by Crippen LogP contribution is 2.78. The van der Waals surface area contributed by atoms with Gasteiger partial charge < -0.3 is 5.73 Å². The Morgan fingerprint density at radius 2 is 1.68 bits per heavy atom. The zero-order valence-electron chi connectivity index (χ0n) is 14.2. The summed E-state index contributed by atoms with van der Waals surface area (Å²) in [4.78, 5) is 0.778. The van der Waals surface area contributed by atoms with E-state index in [1.165, 1.54) is 30.4 Å². The average molecular weight is 366 g/mol. The molecule has 25 heavy (non-hydrogen) atoms. The average Bonchev–Trinajstić information content (AvgIpc) is 3.34. The van der Waals surface area contributed by atoms with Crippen molar-refractivity contribution in [1.82, 2.24) is 0 Å².